The monoisotopic (exact) mass is 438 g/mol. The first kappa shape index (κ1) is 21.4. The first-order chi connectivity index (χ1) is 15.1. The van der Waals surface area contributed by atoms with Crippen LogP contribution < -0.4 is 10.9 Å². The molecule has 3 heterocycles. The number of thioether (sulfide) groups is 1. The van der Waals surface area contributed by atoms with Gasteiger partial charge >= 0.3 is 0 Å². The van der Waals surface area contributed by atoms with Gasteiger partial charge in [0, 0.05) is 24.2 Å². The van der Waals surface area contributed by atoms with Gasteiger partial charge in [-0.1, -0.05) is 6.07 Å². The van der Waals surface area contributed by atoms with E-state index >= 15 is 0 Å². The molecule has 0 unspecified atom stereocenters. The van der Waals surface area contributed by atoms with Crippen molar-refractivity contribution in [2.24, 2.45) is 0 Å². The van der Waals surface area contributed by atoms with Crippen molar-refractivity contribution in [2.45, 2.75) is 45.1 Å². The molecule has 162 valence electrons. The van der Waals surface area contributed by atoms with E-state index in [0.717, 1.165) is 42.8 Å². The molecule has 7 nitrogen and oxygen atoms in total. The van der Waals surface area contributed by atoms with Gasteiger partial charge in [0.2, 0.25) is 0 Å². The number of aryl methyl sites for hydroxylation is 2. The average molecular weight is 439 g/mol. The van der Waals surface area contributed by atoms with Gasteiger partial charge in [-0.25, -0.2) is 4.98 Å². The minimum atomic E-state index is -0.391. The first-order valence-corrected chi connectivity index (χ1v) is 11.9. The van der Waals surface area contributed by atoms with Crippen molar-refractivity contribution in [3.05, 3.63) is 69.2 Å². The number of H-pyrrole nitrogens is 1. The number of pyridine rings is 1. The molecular weight excluding hydrogens is 412 g/mol. The molecular formula is C23H26N4O3S. The van der Waals surface area contributed by atoms with Crippen LogP contribution in [0, 0.1) is 6.92 Å². The third-order valence-electron chi connectivity index (χ3n) is 5.52. The van der Waals surface area contributed by atoms with Crippen LogP contribution in [-0.4, -0.2) is 32.9 Å². The number of amides is 1. The van der Waals surface area contributed by atoms with E-state index in [0.29, 0.717) is 35.0 Å². The standard InChI is InChI=1S/C23H26N4O3S/c1-14-21(15-7-3-4-9-19(15)30-14)23(29)26-16(10-12-31-2)18-13-20(28)27-22(25-18)17-8-5-6-11-24-17/h5-6,8,11,13,16H,3-4,7,9-10,12H2,1-2H3,(H,26,29)(H,25,27,28)/t16-/m0/s1. The maximum Gasteiger partial charge on any atom is 0.255 e. The third-order valence-corrected chi connectivity index (χ3v) is 6.16. The zero-order chi connectivity index (χ0) is 21.8. The second kappa shape index (κ2) is 9.51. The van der Waals surface area contributed by atoms with Crippen molar-refractivity contribution in [2.75, 3.05) is 12.0 Å². The number of aromatic nitrogens is 3. The Hall–Kier alpha value is -2.87. The summed E-state index contributed by atoms with van der Waals surface area (Å²) >= 11 is 1.68. The molecule has 8 heteroatoms. The van der Waals surface area contributed by atoms with Gasteiger partial charge in [0.1, 0.15) is 17.2 Å². The molecule has 3 aromatic heterocycles. The fraction of sp³-hybridized carbons (Fsp3) is 0.391. The number of hydrogen-bond acceptors (Lipinski definition) is 6. The highest BCUT2D eigenvalue weighted by Crippen LogP contribution is 2.30. The van der Waals surface area contributed by atoms with Crippen molar-refractivity contribution in [1.82, 2.24) is 20.3 Å². The molecule has 1 aliphatic rings. The lowest BCUT2D eigenvalue weighted by atomic mass is 9.94. The summed E-state index contributed by atoms with van der Waals surface area (Å²) in [4.78, 5) is 37.3. The molecule has 1 atom stereocenters. The lowest BCUT2D eigenvalue weighted by molar-refractivity contribution is 0.0932. The van der Waals surface area contributed by atoms with E-state index in [1.807, 2.05) is 19.2 Å². The summed E-state index contributed by atoms with van der Waals surface area (Å²) in [6.07, 6.45) is 8.21. The Morgan fingerprint density at radius 2 is 2.16 bits per heavy atom. The number of carbonyl (C=O) groups excluding carboxylic acids is 1. The van der Waals surface area contributed by atoms with Crippen LogP contribution in [0.2, 0.25) is 0 Å². The summed E-state index contributed by atoms with van der Waals surface area (Å²) in [5, 5.41) is 3.12. The van der Waals surface area contributed by atoms with Crippen LogP contribution in [0.5, 0.6) is 0 Å². The smallest absolute Gasteiger partial charge is 0.255 e. The molecule has 0 bridgehead atoms. The van der Waals surface area contributed by atoms with Crippen LogP contribution in [0.3, 0.4) is 0 Å². The lowest BCUT2D eigenvalue weighted by Gasteiger charge is -2.19. The van der Waals surface area contributed by atoms with E-state index < -0.39 is 6.04 Å². The van der Waals surface area contributed by atoms with Gasteiger partial charge in [-0.3, -0.25) is 14.6 Å². The van der Waals surface area contributed by atoms with E-state index in [-0.39, 0.29) is 11.5 Å². The van der Waals surface area contributed by atoms with Crippen LogP contribution >= 0.6 is 11.8 Å². The summed E-state index contributed by atoms with van der Waals surface area (Å²) in [5.74, 6) is 2.63. The van der Waals surface area contributed by atoms with Crippen molar-refractivity contribution < 1.29 is 9.21 Å². The van der Waals surface area contributed by atoms with Gasteiger partial charge < -0.3 is 14.7 Å². The van der Waals surface area contributed by atoms with Crippen molar-refractivity contribution in [1.29, 1.82) is 0 Å². The van der Waals surface area contributed by atoms with Gasteiger partial charge in [0.15, 0.2) is 5.82 Å². The Labute approximate surface area is 185 Å². The molecule has 0 fully saturated rings. The number of furan rings is 1. The Morgan fingerprint density at radius 1 is 1.32 bits per heavy atom. The maximum atomic E-state index is 13.3. The predicted octanol–water partition coefficient (Wildman–Crippen LogP) is 3.84. The second-order valence-corrected chi connectivity index (χ2v) is 8.67. The summed E-state index contributed by atoms with van der Waals surface area (Å²) in [6, 6.07) is 6.50. The van der Waals surface area contributed by atoms with E-state index in [4.69, 9.17) is 4.42 Å². The molecule has 3 aromatic rings. The van der Waals surface area contributed by atoms with Gasteiger partial charge in [0.25, 0.3) is 11.5 Å². The van der Waals surface area contributed by atoms with Crippen LogP contribution in [0.25, 0.3) is 11.5 Å². The average Bonchev–Trinajstić information content (AvgIpc) is 3.12. The van der Waals surface area contributed by atoms with E-state index in [1.165, 1.54) is 6.07 Å². The topological polar surface area (TPSA) is 101 Å². The molecule has 1 amide bonds. The van der Waals surface area contributed by atoms with Gasteiger partial charge in [-0.15, -0.1) is 0 Å². The quantitative estimate of drug-likeness (QED) is 0.581. The minimum Gasteiger partial charge on any atom is -0.465 e. The number of fused-ring (bicyclic) bond motifs is 1. The molecule has 0 aromatic carbocycles. The zero-order valence-electron chi connectivity index (χ0n) is 17.7. The van der Waals surface area contributed by atoms with Crippen LogP contribution in [0.15, 0.2) is 39.7 Å². The highest BCUT2D eigenvalue weighted by molar-refractivity contribution is 7.98. The molecule has 0 aliphatic heterocycles. The Balaban J connectivity index is 1.66. The van der Waals surface area contributed by atoms with Crippen LogP contribution in [-0.2, 0) is 12.8 Å². The minimum absolute atomic E-state index is 0.169. The Morgan fingerprint density at radius 3 is 2.94 bits per heavy atom. The molecule has 0 saturated carbocycles. The Kier molecular flexibility index (Phi) is 6.56. The SMILES string of the molecule is CSCC[C@H](NC(=O)c1c(C)oc2c1CCCC2)c1cc(=O)[nH]c(-c2ccccn2)n1. The highest BCUT2D eigenvalue weighted by atomic mass is 32.2. The molecule has 0 spiro atoms. The molecule has 31 heavy (non-hydrogen) atoms. The summed E-state index contributed by atoms with van der Waals surface area (Å²) in [5.41, 5.74) is 2.50. The number of nitrogens with zero attached hydrogens (tertiary/aromatic N) is 2. The van der Waals surface area contributed by atoms with E-state index in [2.05, 4.69) is 20.3 Å². The second-order valence-electron chi connectivity index (χ2n) is 7.68. The fourth-order valence-electron chi connectivity index (χ4n) is 4.04. The number of hydrogen-bond donors (Lipinski definition) is 2. The van der Waals surface area contributed by atoms with Gasteiger partial charge in [-0.2, -0.15) is 11.8 Å². The molecule has 0 saturated heterocycles. The molecule has 2 N–H and O–H groups in total. The number of carbonyl (C=O) groups is 1. The number of aromatic amines is 1. The van der Waals surface area contributed by atoms with Crippen molar-refractivity contribution in [3.8, 4) is 11.5 Å². The first-order valence-electron chi connectivity index (χ1n) is 10.5. The summed E-state index contributed by atoms with van der Waals surface area (Å²) < 4.78 is 5.88. The summed E-state index contributed by atoms with van der Waals surface area (Å²) in [7, 11) is 0. The number of rotatable bonds is 7. The summed E-state index contributed by atoms with van der Waals surface area (Å²) in [6.45, 7) is 1.84. The van der Waals surface area contributed by atoms with Gasteiger partial charge in [0.05, 0.1) is 17.3 Å². The highest BCUT2D eigenvalue weighted by Gasteiger charge is 2.27. The molecule has 0 radical (unpaired) electrons. The normalized spacial score (nSPS) is 14.1. The molecule has 1 aliphatic carbocycles. The lowest BCUT2D eigenvalue weighted by Crippen LogP contribution is -2.31. The van der Waals surface area contributed by atoms with Crippen LogP contribution in [0.1, 0.15) is 58.4 Å². The largest absolute Gasteiger partial charge is 0.465 e. The number of nitrogens with one attached hydrogen (secondary N) is 2. The van der Waals surface area contributed by atoms with Crippen LogP contribution in [0.4, 0.5) is 0 Å². The predicted molar refractivity (Wildman–Crippen MR) is 121 cm³/mol. The zero-order valence-corrected chi connectivity index (χ0v) is 18.6. The van der Waals surface area contributed by atoms with Gasteiger partial charge in [-0.05, 0) is 56.7 Å². The van der Waals surface area contributed by atoms with E-state index in [1.54, 1.807) is 30.1 Å². The third kappa shape index (κ3) is 4.74. The van der Waals surface area contributed by atoms with Crippen molar-refractivity contribution in [3.63, 3.8) is 0 Å². The maximum absolute atomic E-state index is 13.3. The van der Waals surface area contributed by atoms with Crippen molar-refractivity contribution >= 4 is 17.7 Å². The fourth-order valence-corrected chi connectivity index (χ4v) is 4.51. The Bertz CT molecular complexity index is 1120. The van der Waals surface area contributed by atoms with E-state index in [9.17, 15) is 9.59 Å². The molecule has 4 rings (SSSR count).